The first-order valence-corrected chi connectivity index (χ1v) is 7.18. The molecule has 0 aliphatic carbocycles. The smallest absolute Gasteiger partial charge is 0.257 e. The van der Waals surface area contributed by atoms with E-state index in [4.69, 9.17) is 11.6 Å². The second kappa shape index (κ2) is 6.87. The maximum absolute atomic E-state index is 12.4. The van der Waals surface area contributed by atoms with Crippen LogP contribution in [0.2, 0.25) is 5.02 Å². The summed E-state index contributed by atoms with van der Waals surface area (Å²) in [6.45, 7) is 2.53. The molecule has 21 heavy (non-hydrogen) atoms. The maximum atomic E-state index is 12.4. The largest absolute Gasteiger partial charge is 0.338 e. The zero-order chi connectivity index (χ0) is 15.4. The first-order chi connectivity index (χ1) is 9.99. The number of nitrogens with zero attached hydrogens (tertiary/aromatic N) is 4. The summed E-state index contributed by atoms with van der Waals surface area (Å²) in [5.74, 6) is -0.0423. The van der Waals surface area contributed by atoms with Crippen molar-refractivity contribution in [2.75, 3.05) is 46.8 Å². The van der Waals surface area contributed by atoms with E-state index in [1.54, 1.807) is 22.1 Å². The van der Waals surface area contributed by atoms with E-state index in [9.17, 15) is 9.59 Å². The highest BCUT2D eigenvalue weighted by molar-refractivity contribution is 6.33. The van der Waals surface area contributed by atoms with Crippen molar-refractivity contribution < 1.29 is 9.59 Å². The Balaban J connectivity index is 1.94. The molecule has 0 atom stereocenters. The van der Waals surface area contributed by atoms with Crippen molar-refractivity contribution in [3.05, 3.63) is 29.0 Å². The van der Waals surface area contributed by atoms with E-state index in [1.807, 2.05) is 19.0 Å². The van der Waals surface area contributed by atoms with Crippen LogP contribution in [0.15, 0.2) is 18.5 Å². The lowest BCUT2D eigenvalue weighted by Gasteiger charge is -2.35. The lowest BCUT2D eigenvalue weighted by molar-refractivity contribution is -0.133. The van der Waals surface area contributed by atoms with Crippen LogP contribution >= 0.6 is 11.6 Å². The number of pyridine rings is 1. The minimum Gasteiger partial charge on any atom is -0.338 e. The lowest BCUT2D eigenvalue weighted by Crippen LogP contribution is -2.52. The highest BCUT2D eigenvalue weighted by atomic mass is 35.5. The van der Waals surface area contributed by atoms with Gasteiger partial charge in [0.25, 0.3) is 5.91 Å². The van der Waals surface area contributed by atoms with E-state index >= 15 is 0 Å². The number of aromatic nitrogens is 1. The van der Waals surface area contributed by atoms with Crippen LogP contribution in [0.5, 0.6) is 0 Å². The molecule has 2 rings (SSSR count). The van der Waals surface area contributed by atoms with Gasteiger partial charge in [0.1, 0.15) is 0 Å². The number of rotatable bonds is 3. The van der Waals surface area contributed by atoms with Gasteiger partial charge in [-0.25, -0.2) is 0 Å². The summed E-state index contributed by atoms with van der Waals surface area (Å²) >= 11 is 6.02. The third-order valence-electron chi connectivity index (χ3n) is 3.37. The molecule has 0 spiro atoms. The molecule has 2 heterocycles. The normalized spacial score (nSPS) is 15.4. The Morgan fingerprint density at radius 1 is 1.24 bits per heavy atom. The van der Waals surface area contributed by atoms with Gasteiger partial charge in [-0.05, 0) is 20.2 Å². The lowest BCUT2D eigenvalue weighted by atomic mass is 10.2. The van der Waals surface area contributed by atoms with Gasteiger partial charge in [0.15, 0.2) is 0 Å². The van der Waals surface area contributed by atoms with Crippen LogP contribution in [0.25, 0.3) is 0 Å². The van der Waals surface area contributed by atoms with Crippen molar-refractivity contribution in [2.45, 2.75) is 0 Å². The number of piperazine rings is 1. The predicted molar refractivity (Wildman–Crippen MR) is 80.3 cm³/mol. The van der Waals surface area contributed by atoms with Gasteiger partial charge in [-0.2, -0.15) is 0 Å². The standard InChI is InChI=1S/C14H19ClN4O2/c1-17(2)10-13(20)18-5-7-19(8-6-18)14(21)11-9-16-4-3-12(11)15/h3-4,9H,5-8,10H2,1-2H3. The molecule has 1 fully saturated rings. The number of hydrogen-bond acceptors (Lipinski definition) is 4. The van der Waals surface area contributed by atoms with Gasteiger partial charge in [-0.15, -0.1) is 0 Å². The fourth-order valence-corrected chi connectivity index (χ4v) is 2.42. The van der Waals surface area contributed by atoms with Crippen LogP contribution in [0.1, 0.15) is 10.4 Å². The number of amides is 2. The molecule has 1 aliphatic rings. The first-order valence-electron chi connectivity index (χ1n) is 6.80. The van der Waals surface area contributed by atoms with E-state index in [-0.39, 0.29) is 11.8 Å². The van der Waals surface area contributed by atoms with Crippen molar-refractivity contribution in [1.29, 1.82) is 0 Å². The third-order valence-corrected chi connectivity index (χ3v) is 3.70. The fraction of sp³-hybridized carbons (Fsp3) is 0.500. The summed E-state index contributed by atoms with van der Waals surface area (Å²) < 4.78 is 0. The molecule has 6 nitrogen and oxygen atoms in total. The Morgan fingerprint density at radius 2 is 1.86 bits per heavy atom. The number of halogens is 1. The van der Waals surface area contributed by atoms with E-state index < -0.39 is 0 Å². The molecule has 0 unspecified atom stereocenters. The van der Waals surface area contributed by atoms with Gasteiger partial charge >= 0.3 is 0 Å². The minimum absolute atomic E-state index is 0.0894. The minimum atomic E-state index is -0.132. The van der Waals surface area contributed by atoms with Gasteiger partial charge < -0.3 is 14.7 Å². The number of carbonyl (C=O) groups excluding carboxylic acids is 2. The van der Waals surface area contributed by atoms with E-state index in [0.29, 0.717) is 43.3 Å². The fourth-order valence-electron chi connectivity index (χ4n) is 2.23. The zero-order valence-electron chi connectivity index (χ0n) is 12.3. The van der Waals surface area contributed by atoms with Gasteiger partial charge in [0.2, 0.25) is 5.91 Å². The molecule has 7 heteroatoms. The summed E-state index contributed by atoms with van der Waals surface area (Å²) in [5.41, 5.74) is 0.409. The molecule has 0 saturated carbocycles. The maximum Gasteiger partial charge on any atom is 0.257 e. The van der Waals surface area contributed by atoms with Crippen LogP contribution in [0.4, 0.5) is 0 Å². The SMILES string of the molecule is CN(C)CC(=O)N1CCN(C(=O)c2cnccc2Cl)CC1. The molecule has 0 radical (unpaired) electrons. The molecular weight excluding hydrogens is 292 g/mol. The van der Waals surface area contributed by atoms with Gasteiger partial charge in [0.05, 0.1) is 17.1 Å². The van der Waals surface area contributed by atoms with Crippen molar-refractivity contribution in [1.82, 2.24) is 19.7 Å². The number of carbonyl (C=O) groups is 2. The second-order valence-corrected chi connectivity index (χ2v) is 5.67. The Bertz CT molecular complexity index is 527. The Kier molecular flexibility index (Phi) is 5.14. The van der Waals surface area contributed by atoms with E-state index in [0.717, 1.165) is 0 Å². The molecule has 114 valence electrons. The molecule has 1 aromatic rings. The highest BCUT2D eigenvalue weighted by Gasteiger charge is 2.25. The average Bonchev–Trinajstić information content (AvgIpc) is 2.46. The monoisotopic (exact) mass is 310 g/mol. The number of likely N-dealkylation sites (N-methyl/N-ethyl adjacent to an activating group) is 1. The Morgan fingerprint density at radius 3 is 2.43 bits per heavy atom. The second-order valence-electron chi connectivity index (χ2n) is 5.27. The summed E-state index contributed by atoms with van der Waals surface area (Å²) in [5, 5.41) is 0.404. The average molecular weight is 311 g/mol. The van der Waals surface area contributed by atoms with Crippen LogP contribution in [-0.2, 0) is 4.79 Å². The van der Waals surface area contributed by atoms with Crippen molar-refractivity contribution in [3.8, 4) is 0 Å². The van der Waals surface area contributed by atoms with Crippen molar-refractivity contribution in [2.24, 2.45) is 0 Å². The first kappa shape index (κ1) is 15.7. The zero-order valence-corrected chi connectivity index (χ0v) is 13.0. The molecule has 1 aliphatic heterocycles. The van der Waals surface area contributed by atoms with Gasteiger partial charge in [-0.1, -0.05) is 11.6 Å². The van der Waals surface area contributed by atoms with Crippen LogP contribution in [0, 0.1) is 0 Å². The molecule has 0 aromatic carbocycles. The molecular formula is C14H19ClN4O2. The Hall–Kier alpha value is -1.66. The molecule has 1 saturated heterocycles. The third kappa shape index (κ3) is 3.92. The van der Waals surface area contributed by atoms with E-state index in [1.165, 1.54) is 6.20 Å². The summed E-state index contributed by atoms with van der Waals surface area (Å²) in [6, 6.07) is 1.60. The topological polar surface area (TPSA) is 56.8 Å². The highest BCUT2D eigenvalue weighted by Crippen LogP contribution is 2.17. The van der Waals surface area contributed by atoms with Gasteiger partial charge in [0, 0.05) is 38.6 Å². The van der Waals surface area contributed by atoms with Crippen LogP contribution in [-0.4, -0.2) is 78.3 Å². The molecule has 1 aromatic heterocycles. The summed E-state index contributed by atoms with van der Waals surface area (Å²) in [7, 11) is 3.73. The molecule has 0 bridgehead atoms. The van der Waals surface area contributed by atoms with Crippen molar-refractivity contribution in [3.63, 3.8) is 0 Å². The predicted octanol–water partition coefficient (Wildman–Crippen LogP) is 0.581. The quantitative estimate of drug-likeness (QED) is 0.819. The number of hydrogen-bond donors (Lipinski definition) is 0. The molecule has 2 amide bonds. The Labute approximate surface area is 129 Å². The van der Waals surface area contributed by atoms with Crippen LogP contribution in [0.3, 0.4) is 0 Å². The summed E-state index contributed by atoms with van der Waals surface area (Å²) in [6.07, 6.45) is 3.03. The van der Waals surface area contributed by atoms with Crippen molar-refractivity contribution >= 4 is 23.4 Å². The van der Waals surface area contributed by atoms with E-state index in [2.05, 4.69) is 4.98 Å². The van der Waals surface area contributed by atoms with Gasteiger partial charge in [-0.3, -0.25) is 14.6 Å². The molecule has 0 N–H and O–H groups in total. The van der Waals surface area contributed by atoms with Crippen LogP contribution < -0.4 is 0 Å². The summed E-state index contributed by atoms with van der Waals surface area (Å²) in [4.78, 5) is 33.6.